The van der Waals surface area contributed by atoms with Crippen molar-refractivity contribution < 1.29 is 4.79 Å². The van der Waals surface area contributed by atoms with E-state index >= 15 is 0 Å². The fourth-order valence-electron chi connectivity index (χ4n) is 1.91. The molecular weight excluding hydrogens is 238 g/mol. The fourth-order valence-corrected chi connectivity index (χ4v) is 1.91. The van der Waals surface area contributed by atoms with Gasteiger partial charge in [0.25, 0.3) is 0 Å². The number of benzene rings is 1. The van der Waals surface area contributed by atoms with Crippen LogP contribution in [-0.2, 0) is 0 Å². The van der Waals surface area contributed by atoms with Gasteiger partial charge in [-0.2, -0.15) is 0 Å². The minimum atomic E-state index is -0.159. The molecule has 0 saturated heterocycles. The summed E-state index contributed by atoms with van der Waals surface area (Å²) >= 11 is 0. The minimum Gasteiger partial charge on any atom is -0.399 e. The lowest BCUT2D eigenvalue weighted by Crippen LogP contribution is -2.36. The van der Waals surface area contributed by atoms with Gasteiger partial charge in [-0.05, 0) is 37.6 Å². The molecule has 1 aromatic rings. The van der Waals surface area contributed by atoms with Gasteiger partial charge >= 0.3 is 6.03 Å². The van der Waals surface area contributed by atoms with Gasteiger partial charge in [-0.25, -0.2) is 4.79 Å². The number of anilines is 2. The summed E-state index contributed by atoms with van der Waals surface area (Å²) in [7, 11) is 0. The Morgan fingerprint density at radius 1 is 1.21 bits per heavy atom. The lowest BCUT2D eigenvalue weighted by atomic mass is 10.1. The van der Waals surface area contributed by atoms with E-state index in [4.69, 9.17) is 5.73 Å². The molecular formula is C15H25N3O. The molecule has 0 spiro atoms. The van der Waals surface area contributed by atoms with Crippen LogP contribution in [0.1, 0.15) is 46.0 Å². The predicted molar refractivity (Wildman–Crippen MR) is 81.2 cm³/mol. The number of carbonyl (C=O) groups is 1. The molecule has 1 unspecified atom stereocenters. The van der Waals surface area contributed by atoms with Crippen LogP contribution in [0.4, 0.5) is 16.2 Å². The Morgan fingerprint density at radius 3 is 2.53 bits per heavy atom. The fraction of sp³-hybridized carbons (Fsp3) is 0.533. The molecule has 106 valence electrons. The van der Waals surface area contributed by atoms with Crippen molar-refractivity contribution in [2.24, 2.45) is 0 Å². The van der Waals surface area contributed by atoms with E-state index in [0.717, 1.165) is 18.5 Å². The zero-order valence-corrected chi connectivity index (χ0v) is 11.9. The van der Waals surface area contributed by atoms with Crippen molar-refractivity contribution >= 4 is 17.4 Å². The zero-order valence-electron chi connectivity index (χ0n) is 11.9. The number of rotatable bonds is 7. The molecule has 19 heavy (non-hydrogen) atoms. The lowest BCUT2D eigenvalue weighted by Gasteiger charge is -2.14. The van der Waals surface area contributed by atoms with E-state index in [1.165, 1.54) is 19.3 Å². The third kappa shape index (κ3) is 6.70. The van der Waals surface area contributed by atoms with Gasteiger partial charge in [-0.1, -0.05) is 32.6 Å². The molecule has 0 radical (unpaired) electrons. The van der Waals surface area contributed by atoms with E-state index in [-0.39, 0.29) is 12.1 Å². The van der Waals surface area contributed by atoms with Crippen molar-refractivity contribution in [2.45, 2.75) is 52.0 Å². The zero-order chi connectivity index (χ0) is 14.1. The Kier molecular flexibility index (Phi) is 6.79. The molecule has 1 aromatic carbocycles. The summed E-state index contributed by atoms with van der Waals surface area (Å²) in [4.78, 5) is 11.7. The van der Waals surface area contributed by atoms with Crippen molar-refractivity contribution in [3.05, 3.63) is 24.3 Å². The Morgan fingerprint density at radius 2 is 1.89 bits per heavy atom. The Bertz CT molecular complexity index is 375. The Balaban J connectivity index is 2.24. The maximum atomic E-state index is 11.7. The molecule has 4 heteroatoms. The third-order valence-corrected chi connectivity index (χ3v) is 3.04. The Hall–Kier alpha value is -1.71. The molecule has 4 N–H and O–H groups in total. The smallest absolute Gasteiger partial charge is 0.319 e. The maximum absolute atomic E-state index is 11.7. The van der Waals surface area contributed by atoms with Crippen LogP contribution < -0.4 is 16.4 Å². The van der Waals surface area contributed by atoms with Crippen molar-refractivity contribution in [1.29, 1.82) is 0 Å². The van der Waals surface area contributed by atoms with E-state index in [2.05, 4.69) is 17.6 Å². The van der Waals surface area contributed by atoms with Gasteiger partial charge in [0.1, 0.15) is 0 Å². The second-order valence-corrected chi connectivity index (χ2v) is 4.97. The molecule has 1 rings (SSSR count). The maximum Gasteiger partial charge on any atom is 0.319 e. The number of carbonyl (C=O) groups excluding carboxylic acids is 1. The second-order valence-electron chi connectivity index (χ2n) is 4.97. The van der Waals surface area contributed by atoms with Crippen LogP contribution in [0.3, 0.4) is 0 Å². The summed E-state index contributed by atoms with van der Waals surface area (Å²) in [5, 5.41) is 5.73. The van der Waals surface area contributed by atoms with Crippen LogP contribution in [-0.4, -0.2) is 12.1 Å². The number of unbranched alkanes of at least 4 members (excludes halogenated alkanes) is 3. The topological polar surface area (TPSA) is 67.2 Å². The first-order valence-corrected chi connectivity index (χ1v) is 7.05. The number of nitrogen functional groups attached to an aromatic ring is 1. The van der Waals surface area contributed by atoms with Gasteiger partial charge in [0, 0.05) is 17.4 Å². The summed E-state index contributed by atoms with van der Waals surface area (Å²) in [6, 6.07) is 7.16. The van der Waals surface area contributed by atoms with Gasteiger partial charge < -0.3 is 16.4 Å². The average molecular weight is 263 g/mol. The van der Waals surface area contributed by atoms with E-state index in [1.54, 1.807) is 24.3 Å². The van der Waals surface area contributed by atoms with Crippen LogP contribution in [0.25, 0.3) is 0 Å². The molecule has 0 aromatic heterocycles. The number of urea groups is 1. The summed E-state index contributed by atoms with van der Waals surface area (Å²) < 4.78 is 0. The van der Waals surface area contributed by atoms with Crippen LogP contribution in [0.5, 0.6) is 0 Å². The van der Waals surface area contributed by atoms with E-state index < -0.39 is 0 Å². The van der Waals surface area contributed by atoms with Crippen molar-refractivity contribution in [3.63, 3.8) is 0 Å². The van der Waals surface area contributed by atoms with Crippen molar-refractivity contribution in [3.8, 4) is 0 Å². The highest BCUT2D eigenvalue weighted by atomic mass is 16.2. The molecule has 4 nitrogen and oxygen atoms in total. The van der Waals surface area contributed by atoms with Gasteiger partial charge in [-0.15, -0.1) is 0 Å². The van der Waals surface area contributed by atoms with Gasteiger partial charge in [0.15, 0.2) is 0 Å². The first-order chi connectivity index (χ1) is 9.11. The summed E-state index contributed by atoms with van der Waals surface area (Å²) in [6.45, 7) is 4.23. The number of hydrogen-bond acceptors (Lipinski definition) is 2. The largest absolute Gasteiger partial charge is 0.399 e. The highest BCUT2D eigenvalue weighted by molar-refractivity contribution is 5.89. The number of hydrogen-bond donors (Lipinski definition) is 3. The first kappa shape index (κ1) is 15.3. The number of nitrogens with two attached hydrogens (primary N) is 1. The minimum absolute atomic E-state index is 0.159. The molecule has 0 aliphatic rings. The quantitative estimate of drug-likeness (QED) is 0.518. The lowest BCUT2D eigenvalue weighted by molar-refractivity contribution is 0.248. The van der Waals surface area contributed by atoms with Gasteiger partial charge in [-0.3, -0.25) is 0 Å². The number of amides is 2. The SMILES string of the molecule is CCCCCCC(C)NC(=O)Nc1ccc(N)cc1. The van der Waals surface area contributed by atoms with Crippen LogP contribution in [0.2, 0.25) is 0 Å². The van der Waals surface area contributed by atoms with E-state index in [0.29, 0.717) is 5.69 Å². The normalized spacial score (nSPS) is 11.9. The molecule has 0 bridgehead atoms. The molecule has 0 saturated carbocycles. The summed E-state index contributed by atoms with van der Waals surface area (Å²) in [5.41, 5.74) is 7.03. The summed E-state index contributed by atoms with van der Waals surface area (Å²) in [6.07, 6.45) is 5.93. The Labute approximate surface area is 115 Å². The van der Waals surface area contributed by atoms with Gasteiger partial charge in [0.2, 0.25) is 0 Å². The standard InChI is InChI=1S/C15H25N3O/c1-3-4-5-6-7-12(2)17-15(19)18-14-10-8-13(16)9-11-14/h8-12H,3-7,16H2,1-2H3,(H2,17,18,19). The third-order valence-electron chi connectivity index (χ3n) is 3.04. The van der Waals surface area contributed by atoms with Crippen LogP contribution >= 0.6 is 0 Å². The number of nitrogens with one attached hydrogen (secondary N) is 2. The monoisotopic (exact) mass is 263 g/mol. The first-order valence-electron chi connectivity index (χ1n) is 7.05. The predicted octanol–water partition coefficient (Wildman–Crippen LogP) is 3.75. The highest BCUT2D eigenvalue weighted by Crippen LogP contribution is 2.10. The second kappa shape index (κ2) is 8.40. The molecule has 1 atom stereocenters. The van der Waals surface area contributed by atoms with E-state index in [9.17, 15) is 4.79 Å². The molecule has 0 aliphatic carbocycles. The summed E-state index contributed by atoms with van der Waals surface area (Å²) in [5.74, 6) is 0. The van der Waals surface area contributed by atoms with Crippen molar-refractivity contribution in [2.75, 3.05) is 11.1 Å². The molecule has 0 heterocycles. The average Bonchev–Trinajstić information content (AvgIpc) is 2.37. The van der Waals surface area contributed by atoms with E-state index in [1.807, 2.05) is 6.92 Å². The molecule has 2 amide bonds. The van der Waals surface area contributed by atoms with Crippen molar-refractivity contribution in [1.82, 2.24) is 5.32 Å². The van der Waals surface area contributed by atoms with Crippen LogP contribution in [0, 0.1) is 0 Å². The molecule has 0 aliphatic heterocycles. The van der Waals surface area contributed by atoms with Gasteiger partial charge in [0.05, 0.1) is 0 Å². The van der Waals surface area contributed by atoms with Crippen LogP contribution in [0.15, 0.2) is 24.3 Å². The highest BCUT2D eigenvalue weighted by Gasteiger charge is 2.06. The molecule has 0 fully saturated rings.